The van der Waals surface area contributed by atoms with Crippen LogP contribution in [0.3, 0.4) is 0 Å². The van der Waals surface area contributed by atoms with Gasteiger partial charge in [0.1, 0.15) is 11.5 Å². The summed E-state index contributed by atoms with van der Waals surface area (Å²) in [5.41, 5.74) is -5.08. The lowest BCUT2D eigenvalue weighted by Crippen LogP contribution is -2.01. The molecule has 4 aromatic carbocycles. The van der Waals surface area contributed by atoms with Crippen molar-refractivity contribution in [2.45, 2.75) is 20.8 Å². The van der Waals surface area contributed by atoms with E-state index in [2.05, 4.69) is 20.6 Å². The van der Waals surface area contributed by atoms with E-state index >= 15 is 0 Å². The van der Waals surface area contributed by atoms with Crippen LogP contribution in [0.4, 0.5) is 49.6 Å². The van der Waals surface area contributed by atoms with Gasteiger partial charge in [0.05, 0.1) is 22.1 Å². The van der Waals surface area contributed by atoms with Crippen LogP contribution in [-0.2, 0) is 14.1 Å². The molecule has 232 valence electrons. The molecule has 7 nitrogen and oxygen atoms in total. The van der Waals surface area contributed by atoms with Crippen LogP contribution in [0, 0.1) is 0 Å². The molecule has 2 N–H and O–H groups in total. The molecule has 0 radical (unpaired) electrons. The Hall–Kier alpha value is -4.50. The van der Waals surface area contributed by atoms with Crippen molar-refractivity contribution in [3.8, 4) is 11.5 Å². The van der Waals surface area contributed by atoms with Gasteiger partial charge in [-0.05, 0) is 84.2 Å². The normalized spacial score (nSPS) is 12.2. The first-order valence-corrected chi connectivity index (χ1v) is 14.8. The fraction of sp³-hybridized carbons (Fsp3) is 0.133. The number of benzene rings is 4. The summed E-state index contributed by atoms with van der Waals surface area (Å²) >= 11 is -0.371. The molecule has 6 aromatic rings. The van der Waals surface area contributed by atoms with Gasteiger partial charge >= 0.3 is 11.0 Å². The molecule has 0 aliphatic carbocycles. The van der Waals surface area contributed by atoms with E-state index in [0.717, 1.165) is 11.0 Å². The largest absolute Gasteiger partial charge is 0.457 e. The Kier molecular flexibility index (Phi) is 7.99. The summed E-state index contributed by atoms with van der Waals surface area (Å²) < 4.78 is 86.5. The molecule has 15 heteroatoms. The number of hydrogen-bond acceptors (Lipinski definition) is 7. The first-order valence-electron chi connectivity index (χ1n) is 13.2. The first-order chi connectivity index (χ1) is 21.3. The zero-order valence-corrected chi connectivity index (χ0v) is 25.0. The van der Waals surface area contributed by atoms with Gasteiger partial charge in [0, 0.05) is 47.4 Å². The molecule has 0 bridgehead atoms. The molecule has 0 fully saturated rings. The van der Waals surface area contributed by atoms with E-state index in [0.29, 0.717) is 45.8 Å². The molecule has 0 spiro atoms. The third-order valence-electron chi connectivity index (χ3n) is 6.59. The molecule has 2 aromatic heterocycles. The van der Waals surface area contributed by atoms with Gasteiger partial charge in [0.2, 0.25) is 11.9 Å². The van der Waals surface area contributed by atoms with E-state index in [9.17, 15) is 26.3 Å². The fourth-order valence-electron chi connectivity index (χ4n) is 4.65. The minimum absolute atomic E-state index is 0.0592. The number of halogens is 6. The molecule has 0 atom stereocenters. The summed E-state index contributed by atoms with van der Waals surface area (Å²) in [6.07, 6.45) is 0. The van der Waals surface area contributed by atoms with Crippen LogP contribution < -0.4 is 15.4 Å². The molecule has 0 amide bonds. The number of fused-ring (bicyclic) bond motifs is 2. The number of nitrogens with one attached hydrogen (secondary N) is 2. The van der Waals surface area contributed by atoms with E-state index in [1.807, 2.05) is 12.1 Å². The maximum absolute atomic E-state index is 12.8. The zero-order valence-electron chi connectivity index (χ0n) is 23.4. The Labute approximate surface area is 260 Å². The first kappa shape index (κ1) is 30.5. The fourth-order valence-corrected chi connectivity index (χ4v) is 5.85. The van der Waals surface area contributed by atoms with Crippen LogP contribution in [0.15, 0.2) is 94.7 Å². The second-order valence-electron chi connectivity index (χ2n) is 9.79. The van der Waals surface area contributed by atoms with E-state index in [1.165, 1.54) is 36.4 Å². The predicted molar refractivity (Wildman–Crippen MR) is 165 cm³/mol. The number of hydrogen-bond donors (Lipinski definition) is 2. The highest BCUT2D eigenvalue weighted by molar-refractivity contribution is 8.00. The van der Waals surface area contributed by atoms with Crippen molar-refractivity contribution in [1.29, 1.82) is 0 Å². The molecular formula is C30H22F6N6OS2. The van der Waals surface area contributed by atoms with Crippen molar-refractivity contribution < 1.29 is 31.1 Å². The maximum Gasteiger partial charge on any atom is 0.446 e. The Bertz CT molecular complexity index is 1880. The highest BCUT2D eigenvalue weighted by Crippen LogP contribution is 2.39. The number of ether oxygens (including phenoxy) is 1. The van der Waals surface area contributed by atoms with E-state index in [-0.39, 0.29) is 33.3 Å². The SMILES string of the molecule is Cn1c(Nc2cccc(SC(F)(F)F)c2)nc2cc(Oc3ccc4c(c3)nc(Nc3cccc(SC(F)(F)F)c3)n4C)ccc21. The number of aromatic nitrogens is 4. The van der Waals surface area contributed by atoms with Crippen LogP contribution >= 0.6 is 23.5 Å². The summed E-state index contributed by atoms with van der Waals surface area (Å²) in [4.78, 5) is 9.32. The van der Waals surface area contributed by atoms with Crippen LogP contribution in [0.1, 0.15) is 0 Å². The Morgan fingerprint density at radius 2 is 1.02 bits per heavy atom. The van der Waals surface area contributed by atoms with Gasteiger partial charge in [-0.3, -0.25) is 0 Å². The molecule has 0 unspecified atom stereocenters. The number of anilines is 4. The molecule has 2 heterocycles. The summed E-state index contributed by atoms with van der Waals surface area (Å²) in [5, 5.41) is 6.16. The van der Waals surface area contributed by atoms with Gasteiger partial charge in [0.15, 0.2) is 0 Å². The number of alkyl halides is 6. The van der Waals surface area contributed by atoms with Crippen molar-refractivity contribution in [2.24, 2.45) is 14.1 Å². The van der Waals surface area contributed by atoms with Crippen LogP contribution in [-0.4, -0.2) is 30.1 Å². The summed E-state index contributed by atoms with van der Waals surface area (Å²) in [6, 6.07) is 22.7. The highest BCUT2D eigenvalue weighted by Gasteiger charge is 2.30. The van der Waals surface area contributed by atoms with Crippen LogP contribution in [0.2, 0.25) is 0 Å². The quantitative estimate of drug-likeness (QED) is 0.124. The molecule has 45 heavy (non-hydrogen) atoms. The van der Waals surface area contributed by atoms with E-state index < -0.39 is 11.0 Å². The van der Waals surface area contributed by atoms with Gasteiger partial charge in [0.25, 0.3) is 0 Å². The monoisotopic (exact) mass is 660 g/mol. The summed E-state index contributed by atoms with van der Waals surface area (Å²) in [6.45, 7) is 0. The zero-order chi connectivity index (χ0) is 31.9. The van der Waals surface area contributed by atoms with Crippen LogP contribution in [0.5, 0.6) is 11.5 Å². The molecular weight excluding hydrogens is 638 g/mol. The van der Waals surface area contributed by atoms with Crippen LogP contribution in [0.25, 0.3) is 22.1 Å². The minimum Gasteiger partial charge on any atom is -0.457 e. The highest BCUT2D eigenvalue weighted by atomic mass is 32.2. The molecule has 0 aliphatic rings. The number of nitrogens with zero attached hydrogens (tertiary/aromatic N) is 4. The Balaban J connectivity index is 1.19. The smallest absolute Gasteiger partial charge is 0.446 e. The minimum atomic E-state index is -4.39. The van der Waals surface area contributed by atoms with E-state index in [1.54, 1.807) is 59.6 Å². The van der Waals surface area contributed by atoms with Gasteiger partial charge < -0.3 is 24.5 Å². The van der Waals surface area contributed by atoms with Crippen molar-refractivity contribution >= 4 is 68.9 Å². The van der Waals surface area contributed by atoms with Crippen molar-refractivity contribution in [1.82, 2.24) is 19.1 Å². The standard InChI is InChI=1S/C30H22F6N6OS2/c1-41-25-11-9-19(15-23(25)39-27(41)37-17-5-3-7-21(13-17)44-29(31,32)33)43-20-10-12-26-24(16-20)40-28(42(26)2)38-18-6-4-8-22(14-18)45-30(34,35)36/h3-16H,1-2H3,(H,37,39)(H,38,40). The van der Waals surface area contributed by atoms with Gasteiger partial charge in [-0.15, -0.1) is 0 Å². The Morgan fingerprint density at radius 1 is 0.600 bits per heavy atom. The maximum atomic E-state index is 12.8. The Morgan fingerprint density at radius 3 is 1.42 bits per heavy atom. The van der Waals surface area contributed by atoms with Gasteiger partial charge in [-0.2, -0.15) is 26.3 Å². The second-order valence-corrected chi connectivity index (χ2v) is 12.1. The molecule has 0 saturated carbocycles. The number of aryl methyl sites for hydroxylation is 2. The van der Waals surface area contributed by atoms with Crippen molar-refractivity contribution in [3.63, 3.8) is 0 Å². The van der Waals surface area contributed by atoms with Gasteiger partial charge in [-0.25, -0.2) is 9.97 Å². The van der Waals surface area contributed by atoms with Crippen molar-refractivity contribution in [3.05, 3.63) is 84.9 Å². The van der Waals surface area contributed by atoms with E-state index in [4.69, 9.17) is 4.74 Å². The molecule has 0 saturated heterocycles. The van der Waals surface area contributed by atoms with Gasteiger partial charge in [-0.1, -0.05) is 12.1 Å². The predicted octanol–water partition coefficient (Wildman–Crippen LogP) is 9.96. The lowest BCUT2D eigenvalue weighted by molar-refractivity contribution is -0.0337. The molecule has 6 rings (SSSR count). The third kappa shape index (κ3) is 7.26. The second kappa shape index (κ2) is 11.8. The average Bonchev–Trinajstić information content (AvgIpc) is 3.41. The number of rotatable bonds is 8. The average molecular weight is 661 g/mol. The third-order valence-corrected chi connectivity index (χ3v) is 8.03. The summed E-state index contributed by atoms with van der Waals surface area (Å²) in [7, 11) is 3.58. The molecule has 0 aliphatic heterocycles. The van der Waals surface area contributed by atoms with Crippen molar-refractivity contribution in [2.75, 3.05) is 10.6 Å². The number of thioether (sulfide) groups is 2. The topological polar surface area (TPSA) is 68.9 Å². The lowest BCUT2D eigenvalue weighted by atomic mass is 10.2. The number of imidazole rings is 2. The lowest BCUT2D eigenvalue weighted by Gasteiger charge is -2.09. The summed E-state index contributed by atoms with van der Waals surface area (Å²) in [5.74, 6) is 1.88.